The van der Waals surface area contributed by atoms with E-state index in [1.807, 2.05) is 22.6 Å². The highest BCUT2D eigenvalue weighted by Gasteiger charge is 1.99. The van der Waals surface area contributed by atoms with Gasteiger partial charge in [0.2, 0.25) is 0 Å². The first-order chi connectivity index (χ1) is 4.83. The third-order valence-electron chi connectivity index (χ3n) is 1.32. The third-order valence-corrected chi connectivity index (χ3v) is 2.27. The molecule has 0 saturated heterocycles. The van der Waals surface area contributed by atoms with E-state index in [-0.39, 0.29) is 0 Å². The van der Waals surface area contributed by atoms with Crippen LogP contribution in [0, 0.1) is 0 Å². The first-order valence-corrected chi connectivity index (χ1v) is 4.48. The van der Waals surface area contributed by atoms with Crippen molar-refractivity contribution in [2.24, 2.45) is 0 Å². The molecule has 1 rings (SSSR count). The van der Waals surface area contributed by atoms with Gasteiger partial charge in [-0.2, -0.15) is 11.8 Å². The molecular weight excluding hydrogens is 146 g/mol. The number of aromatic nitrogens is 3. The fourth-order valence-corrected chi connectivity index (χ4v) is 0.970. The molecule has 0 aliphatic rings. The molecule has 10 heavy (non-hydrogen) atoms. The summed E-state index contributed by atoms with van der Waals surface area (Å²) in [7, 11) is 0. The van der Waals surface area contributed by atoms with Crippen molar-refractivity contribution in [2.45, 2.75) is 18.7 Å². The van der Waals surface area contributed by atoms with Crippen LogP contribution in [0.3, 0.4) is 0 Å². The van der Waals surface area contributed by atoms with E-state index >= 15 is 0 Å². The van der Waals surface area contributed by atoms with Crippen LogP contribution in [0.1, 0.15) is 6.92 Å². The van der Waals surface area contributed by atoms with Crippen LogP contribution in [0.4, 0.5) is 0 Å². The van der Waals surface area contributed by atoms with Crippen LogP contribution in [0.2, 0.25) is 0 Å². The summed E-state index contributed by atoms with van der Waals surface area (Å²) in [5.41, 5.74) is 0. The maximum absolute atomic E-state index is 3.86. The molecule has 0 amide bonds. The van der Waals surface area contributed by atoms with E-state index in [1.54, 1.807) is 6.20 Å². The maximum atomic E-state index is 3.86. The number of thioether (sulfide) groups is 1. The molecule has 1 aromatic heterocycles. The van der Waals surface area contributed by atoms with Crippen molar-refractivity contribution in [3.8, 4) is 0 Å². The molecule has 0 spiro atoms. The van der Waals surface area contributed by atoms with Crippen molar-refractivity contribution >= 4 is 11.8 Å². The summed E-state index contributed by atoms with van der Waals surface area (Å²) in [5, 5.41) is 8.18. The van der Waals surface area contributed by atoms with Gasteiger partial charge < -0.3 is 0 Å². The first kappa shape index (κ1) is 7.60. The molecule has 3 nitrogen and oxygen atoms in total. The average Bonchev–Trinajstić information content (AvgIpc) is 2.40. The van der Waals surface area contributed by atoms with E-state index < -0.39 is 0 Å². The second-order valence-electron chi connectivity index (χ2n) is 2.17. The first-order valence-electron chi connectivity index (χ1n) is 3.20. The molecule has 1 unspecified atom stereocenters. The molecule has 0 radical (unpaired) electrons. The zero-order chi connectivity index (χ0) is 7.40. The Morgan fingerprint density at radius 3 is 3.00 bits per heavy atom. The minimum Gasteiger partial charge on any atom is -0.251 e. The highest BCUT2D eigenvalue weighted by atomic mass is 32.2. The van der Waals surface area contributed by atoms with E-state index in [0.29, 0.717) is 5.25 Å². The van der Waals surface area contributed by atoms with Crippen LogP contribution in [0.5, 0.6) is 0 Å². The molecule has 0 N–H and O–H groups in total. The Morgan fingerprint density at radius 2 is 2.50 bits per heavy atom. The molecule has 56 valence electrons. The monoisotopic (exact) mass is 157 g/mol. The minimum absolute atomic E-state index is 0.613. The number of rotatable bonds is 3. The molecule has 4 heteroatoms. The standard InChI is InChI=1S/C6H11N3S/c1-6(10-2)5-9-4-3-7-8-9/h3-4,6H,5H2,1-2H3. The minimum atomic E-state index is 0.613. The summed E-state index contributed by atoms with van der Waals surface area (Å²) in [6.45, 7) is 3.12. The van der Waals surface area contributed by atoms with Gasteiger partial charge in [-0.1, -0.05) is 12.1 Å². The van der Waals surface area contributed by atoms with Crippen LogP contribution < -0.4 is 0 Å². The predicted molar refractivity (Wildman–Crippen MR) is 43.0 cm³/mol. The van der Waals surface area contributed by atoms with E-state index in [2.05, 4.69) is 23.5 Å². The van der Waals surface area contributed by atoms with Crippen LogP contribution in [-0.2, 0) is 6.54 Å². The quantitative estimate of drug-likeness (QED) is 0.656. The topological polar surface area (TPSA) is 30.7 Å². The Bertz CT molecular complexity index is 173. The summed E-state index contributed by atoms with van der Waals surface area (Å²) < 4.78 is 1.85. The summed E-state index contributed by atoms with van der Waals surface area (Å²) >= 11 is 1.83. The lowest BCUT2D eigenvalue weighted by molar-refractivity contribution is 0.588. The Morgan fingerprint density at radius 1 is 1.70 bits per heavy atom. The van der Waals surface area contributed by atoms with Crippen LogP contribution in [0.15, 0.2) is 12.4 Å². The molecule has 0 aliphatic carbocycles. The smallest absolute Gasteiger partial charge is 0.0692 e. The average molecular weight is 157 g/mol. The van der Waals surface area contributed by atoms with Crippen molar-refractivity contribution in [1.82, 2.24) is 15.0 Å². The number of hydrogen-bond donors (Lipinski definition) is 0. The maximum Gasteiger partial charge on any atom is 0.0692 e. The molecule has 0 aliphatic heterocycles. The molecule has 0 fully saturated rings. The van der Waals surface area contributed by atoms with Crippen molar-refractivity contribution in [3.63, 3.8) is 0 Å². The van der Waals surface area contributed by atoms with Gasteiger partial charge in [0, 0.05) is 11.4 Å². The predicted octanol–water partition coefficient (Wildman–Crippen LogP) is 1.03. The normalized spacial score (nSPS) is 13.4. The second-order valence-corrected chi connectivity index (χ2v) is 3.45. The van der Waals surface area contributed by atoms with Gasteiger partial charge in [0.25, 0.3) is 0 Å². The molecule has 1 atom stereocenters. The van der Waals surface area contributed by atoms with E-state index in [4.69, 9.17) is 0 Å². The van der Waals surface area contributed by atoms with Crippen LogP contribution >= 0.6 is 11.8 Å². The largest absolute Gasteiger partial charge is 0.251 e. The summed E-state index contributed by atoms with van der Waals surface area (Å²) in [6.07, 6.45) is 5.68. The van der Waals surface area contributed by atoms with Gasteiger partial charge in [0.15, 0.2) is 0 Å². The highest BCUT2D eigenvalue weighted by molar-refractivity contribution is 7.99. The summed E-state index contributed by atoms with van der Waals surface area (Å²) in [4.78, 5) is 0. The number of hydrogen-bond acceptors (Lipinski definition) is 3. The van der Waals surface area contributed by atoms with E-state index in [9.17, 15) is 0 Å². The molecule has 1 heterocycles. The van der Waals surface area contributed by atoms with Crippen molar-refractivity contribution < 1.29 is 0 Å². The zero-order valence-electron chi connectivity index (χ0n) is 6.19. The van der Waals surface area contributed by atoms with Gasteiger partial charge in [0.1, 0.15) is 0 Å². The van der Waals surface area contributed by atoms with Gasteiger partial charge >= 0.3 is 0 Å². The Labute approximate surface area is 64.8 Å². The van der Waals surface area contributed by atoms with Gasteiger partial charge in [-0.05, 0) is 6.26 Å². The molecule has 0 bridgehead atoms. The lowest BCUT2D eigenvalue weighted by Gasteiger charge is -2.05. The number of nitrogens with zero attached hydrogens (tertiary/aromatic N) is 3. The Hall–Kier alpha value is -0.510. The Kier molecular flexibility index (Phi) is 2.74. The summed E-state index contributed by atoms with van der Waals surface area (Å²) in [5.74, 6) is 0. The SMILES string of the molecule is CSC(C)Cn1ccnn1. The van der Waals surface area contributed by atoms with Crippen molar-refractivity contribution in [2.75, 3.05) is 6.26 Å². The lowest BCUT2D eigenvalue weighted by Crippen LogP contribution is -2.09. The third kappa shape index (κ3) is 2.02. The van der Waals surface area contributed by atoms with Crippen LogP contribution in [0.25, 0.3) is 0 Å². The van der Waals surface area contributed by atoms with Crippen molar-refractivity contribution in [3.05, 3.63) is 12.4 Å². The second kappa shape index (κ2) is 3.61. The van der Waals surface area contributed by atoms with E-state index in [1.165, 1.54) is 0 Å². The van der Waals surface area contributed by atoms with Gasteiger partial charge in [-0.3, -0.25) is 4.68 Å². The molecule has 0 saturated carbocycles. The van der Waals surface area contributed by atoms with Crippen molar-refractivity contribution in [1.29, 1.82) is 0 Å². The summed E-state index contributed by atoms with van der Waals surface area (Å²) in [6, 6.07) is 0. The zero-order valence-corrected chi connectivity index (χ0v) is 7.01. The van der Waals surface area contributed by atoms with Crippen LogP contribution in [-0.4, -0.2) is 26.5 Å². The molecule has 1 aromatic rings. The lowest BCUT2D eigenvalue weighted by atomic mass is 10.5. The van der Waals surface area contributed by atoms with E-state index in [0.717, 1.165) is 6.54 Å². The fraction of sp³-hybridized carbons (Fsp3) is 0.667. The highest BCUT2D eigenvalue weighted by Crippen LogP contribution is 2.06. The van der Waals surface area contributed by atoms with Gasteiger partial charge in [0.05, 0.1) is 12.7 Å². The molecule has 0 aromatic carbocycles. The van der Waals surface area contributed by atoms with Gasteiger partial charge in [-0.25, -0.2) is 0 Å². The molecular formula is C6H11N3S. The van der Waals surface area contributed by atoms with Gasteiger partial charge in [-0.15, -0.1) is 5.10 Å². The fourth-order valence-electron chi connectivity index (χ4n) is 0.668. The Balaban J connectivity index is 2.40.